The minimum atomic E-state index is -0.470. The molecular weight excluding hydrogens is 566 g/mol. The largest absolute Gasteiger partial charge is 0.444 e. The van der Waals surface area contributed by atoms with Gasteiger partial charge in [0.05, 0.1) is 34.2 Å². The number of cyclic esters (lactones) is 1. The van der Waals surface area contributed by atoms with Crippen molar-refractivity contribution in [3.63, 3.8) is 0 Å². The summed E-state index contributed by atoms with van der Waals surface area (Å²) in [5.74, 6) is -0.0227. The maximum absolute atomic E-state index is 13.5. The molecule has 0 unspecified atom stereocenters. The van der Waals surface area contributed by atoms with Crippen molar-refractivity contribution in [2.75, 3.05) is 38.2 Å². The molecule has 41 heavy (non-hydrogen) atoms. The number of methoxy groups -OCH3 is 1. The van der Waals surface area contributed by atoms with Gasteiger partial charge in [-0.3, -0.25) is 19.1 Å². The summed E-state index contributed by atoms with van der Waals surface area (Å²) in [6.45, 7) is 3.01. The molecule has 9 nitrogen and oxygen atoms in total. The zero-order valence-corrected chi connectivity index (χ0v) is 24.5. The topological polar surface area (TPSA) is 101 Å². The number of aliphatic hydroxyl groups is 1. The van der Waals surface area contributed by atoms with E-state index in [4.69, 9.17) is 21.1 Å². The lowest BCUT2D eigenvalue weighted by atomic mass is 10.1. The summed E-state index contributed by atoms with van der Waals surface area (Å²) in [5, 5.41) is 9.75. The Labute approximate surface area is 247 Å². The number of hydrogen-bond donors (Lipinski definition) is 1. The first-order valence-electron chi connectivity index (χ1n) is 13.8. The summed E-state index contributed by atoms with van der Waals surface area (Å²) in [6, 6.07) is 12.6. The van der Waals surface area contributed by atoms with E-state index in [-0.39, 0.29) is 30.5 Å². The van der Waals surface area contributed by atoms with E-state index in [2.05, 4.69) is 4.90 Å². The van der Waals surface area contributed by atoms with Crippen LogP contribution in [0.2, 0.25) is 4.34 Å². The second-order valence-corrected chi connectivity index (χ2v) is 12.2. The molecule has 1 atom stereocenters. The Bertz CT molecular complexity index is 1450. The number of Topliss-reactive ketones (excluding diaryl/α,β-unsaturated/α-hetero) is 1. The number of aliphatic hydroxyl groups excluding tert-OH is 1. The molecular formula is C30H34ClN3O6S. The van der Waals surface area contributed by atoms with Crippen LogP contribution in [0.25, 0.3) is 5.69 Å². The molecule has 2 aliphatic heterocycles. The standard InChI is InChI=1S/C30H34ClN3O6S/c1-39-19-21-17-22(34-18-24(40-30(34)38)5-7-26(36)27-8-9-28(31)41-27)4-6-25(21)33-13-2-3-20(29(33)37)10-14-32-15-11-23(35)12-16-32/h2-4,6,8-9,13,17,23-24,35H,5,7,10-12,14-16,18-19H2,1H3/t24-/m0/s1. The Morgan fingerprint density at radius 2 is 1.95 bits per heavy atom. The van der Waals surface area contributed by atoms with Crippen LogP contribution in [-0.2, 0) is 22.5 Å². The van der Waals surface area contributed by atoms with Crippen LogP contribution in [-0.4, -0.2) is 71.9 Å². The van der Waals surface area contributed by atoms with Crippen molar-refractivity contribution in [3.8, 4) is 5.69 Å². The van der Waals surface area contributed by atoms with Crippen molar-refractivity contribution < 1.29 is 24.2 Å². The molecule has 4 heterocycles. The monoisotopic (exact) mass is 599 g/mol. The lowest BCUT2D eigenvalue weighted by Gasteiger charge is -2.29. The first-order chi connectivity index (χ1) is 19.8. The minimum Gasteiger partial charge on any atom is -0.444 e. The van der Waals surface area contributed by atoms with Crippen molar-refractivity contribution in [2.24, 2.45) is 0 Å². The van der Waals surface area contributed by atoms with Crippen LogP contribution >= 0.6 is 22.9 Å². The summed E-state index contributed by atoms with van der Waals surface area (Å²) in [5.41, 5.74) is 2.72. The molecule has 0 spiro atoms. The van der Waals surface area contributed by atoms with Gasteiger partial charge in [0, 0.05) is 56.2 Å². The fourth-order valence-corrected chi connectivity index (χ4v) is 6.36. The van der Waals surface area contributed by atoms with Gasteiger partial charge >= 0.3 is 6.09 Å². The smallest absolute Gasteiger partial charge is 0.414 e. The zero-order valence-electron chi connectivity index (χ0n) is 23.0. The number of ketones is 1. The molecule has 1 amide bonds. The fourth-order valence-electron chi connectivity index (χ4n) is 5.35. The summed E-state index contributed by atoms with van der Waals surface area (Å²) in [6.07, 6.45) is 3.47. The second kappa shape index (κ2) is 13.3. The van der Waals surface area contributed by atoms with E-state index in [0.29, 0.717) is 40.0 Å². The summed E-state index contributed by atoms with van der Waals surface area (Å²) in [7, 11) is 1.59. The molecule has 3 aromatic rings. The van der Waals surface area contributed by atoms with Crippen LogP contribution in [0.5, 0.6) is 0 Å². The number of piperidine rings is 1. The van der Waals surface area contributed by atoms with Crippen molar-refractivity contribution in [2.45, 2.75) is 50.9 Å². The highest BCUT2D eigenvalue weighted by atomic mass is 35.5. The van der Waals surface area contributed by atoms with Gasteiger partial charge in [0.2, 0.25) is 0 Å². The molecule has 5 rings (SSSR count). The van der Waals surface area contributed by atoms with Crippen LogP contribution in [0, 0.1) is 0 Å². The summed E-state index contributed by atoms with van der Waals surface area (Å²) in [4.78, 5) is 43.1. The number of benzene rings is 1. The Kier molecular flexibility index (Phi) is 9.57. The Morgan fingerprint density at radius 1 is 1.15 bits per heavy atom. The van der Waals surface area contributed by atoms with Crippen LogP contribution in [0.1, 0.15) is 46.5 Å². The van der Waals surface area contributed by atoms with Gasteiger partial charge in [-0.05, 0) is 62.1 Å². The number of ether oxygens (including phenoxy) is 2. The van der Waals surface area contributed by atoms with E-state index >= 15 is 0 Å². The zero-order chi connectivity index (χ0) is 28.9. The quantitative estimate of drug-likeness (QED) is 0.319. The highest BCUT2D eigenvalue weighted by Crippen LogP contribution is 2.29. The number of carbonyl (C=O) groups is 2. The number of rotatable bonds is 11. The molecule has 1 aromatic carbocycles. The third-order valence-electron chi connectivity index (χ3n) is 7.63. The molecule has 0 saturated carbocycles. The highest BCUT2D eigenvalue weighted by Gasteiger charge is 2.33. The minimum absolute atomic E-state index is 0.0227. The molecule has 2 aromatic heterocycles. The van der Waals surface area contributed by atoms with Gasteiger partial charge in [-0.25, -0.2) is 4.79 Å². The van der Waals surface area contributed by atoms with E-state index in [9.17, 15) is 19.5 Å². The number of likely N-dealkylation sites (tertiary alicyclic amines) is 1. The van der Waals surface area contributed by atoms with Crippen LogP contribution < -0.4 is 10.5 Å². The molecule has 218 valence electrons. The maximum Gasteiger partial charge on any atom is 0.414 e. The number of carbonyl (C=O) groups excluding carboxylic acids is 2. The number of pyridine rings is 1. The summed E-state index contributed by atoms with van der Waals surface area (Å²) >= 11 is 7.18. The lowest BCUT2D eigenvalue weighted by Crippen LogP contribution is -2.37. The van der Waals surface area contributed by atoms with Gasteiger partial charge in [-0.1, -0.05) is 17.7 Å². The highest BCUT2D eigenvalue weighted by molar-refractivity contribution is 7.18. The number of hydrogen-bond acceptors (Lipinski definition) is 8. The van der Waals surface area contributed by atoms with E-state index in [1.54, 1.807) is 41.0 Å². The van der Waals surface area contributed by atoms with Crippen LogP contribution in [0.3, 0.4) is 0 Å². The van der Waals surface area contributed by atoms with E-state index in [0.717, 1.165) is 43.6 Å². The van der Waals surface area contributed by atoms with Gasteiger partial charge in [0.15, 0.2) is 5.78 Å². The molecule has 11 heteroatoms. The Hall–Kier alpha value is -3.02. The number of halogens is 1. The number of nitrogens with zero attached hydrogens (tertiary/aromatic N) is 3. The molecule has 0 bridgehead atoms. The van der Waals surface area contributed by atoms with Crippen molar-refractivity contribution in [1.29, 1.82) is 0 Å². The number of amides is 1. The number of anilines is 1. The molecule has 1 N–H and O–H groups in total. The average Bonchev–Trinajstić information content (AvgIpc) is 3.57. The first kappa shape index (κ1) is 29.5. The molecule has 0 aliphatic carbocycles. The van der Waals surface area contributed by atoms with Gasteiger partial charge < -0.3 is 19.5 Å². The number of aromatic nitrogens is 1. The third-order valence-corrected chi connectivity index (χ3v) is 8.90. The van der Waals surface area contributed by atoms with Crippen molar-refractivity contribution in [3.05, 3.63) is 79.4 Å². The van der Waals surface area contributed by atoms with Gasteiger partial charge in [0.1, 0.15) is 6.10 Å². The van der Waals surface area contributed by atoms with E-state index < -0.39 is 12.2 Å². The average molecular weight is 600 g/mol. The first-order valence-corrected chi connectivity index (χ1v) is 15.0. The molecule has 0 radical (unpaired) electrons. The van der Waals surface area contributed by atoms with Gasteiger partial charge in [0.25, 0.3) is 5.56 Å². The third kappa shape index (κ3) is 7.07. The predicted molar refractivity (Wildman–Crippen MR) is 159 cm³/mol. The summed E-state index contributed by atoms with van der Waals surface area (Å²) < 4.78 is 13.2. The normalized spacial score (nSPS) is 18.2. The van der Waals surface area contributed by atoms with Crippen molar-refractivity contribution in [1.82, 2.24) is 9.47 Å². The fraction of sp³-hybridized carbons (Fsp3) is 0.433. The Balaban J connectivity index is 1.28. The van der Waals surface area contributed by atoms with Crippen LogP contribution in [0.15, 0.2) is 53.5 Å². The maximum atomic E-state index is 13.5. The van der Waals surface area contributed by atoms with Gasteiger partial charge in [-0.2, -0.15) is 0 Å². The van der Waals surface area contributed by atoms with Gasteiger partial charge in [-0.15, -0.1) is 11.3 Å². The van der Waals surface area contributed by atoms with E-state index in [1.165, 1.54) is 11.3 Å². The Morgan fingerprint density at radius 3 is 2.68 bits per heavy atom. The van der Waals surface area contributed by atoms with Crippen LogP contribution in [0.4, 0.5) is 10.5 Å². The predicted octanol–water partition coefficient (Wildman–Crippen LogP) is 4.69. The SMILES string of the molecule is COCc1cc(N2C[C@H](CCC(=O)c3ccc(Cl)s3)OC2=O)ccc1-n1cccc(CCN2CCC(O)CC2)c1=O. The van der Waals surface area contributed by atoms with Crippen molar-refractivity contribution >= 4 is 40.5 Å². The lowest BCUT2D eigenvalue weighted by molar-refractivity contribution is 0.0831. The van der Waals surface area contributed by atoms with E-state index in [1.807, 2.05) is 24.3 Å². The molecule has 2 fully saturated rings. The second-order valence-electron chi connectivity index (χ2n) is 10.5. The number of thiophene rings is 1. The molecule has 2 aliphatic rings. The molecule has 2 saturated heterocycles.